The van der Waals surface area contributed by atoms with Crippen molar-refractivity contribution in [1.29, 1.82) is 0 Å². The Balaban J connectivity index is 2.02. The van der Waals surface area contributed by atoms with E-state index in [0.29, 0.717) is 10.9 Å². The molecule has 1 aromatic carbocycles. The number of rotatable bonds is 1. The molecule has 1 aliphatic heterocycles. The molecule has 16 heavy (non-hydrogen) atoms. The quantitative estimate of drug-likeness (QED) is 0.792. The van der Waals surface area contributed by atoms with E-state index in [1.54, 1.807) is 0 Å². The molecule has 1 atom stereocenters. The highest BCUT2D eigenvalue weighted by Gasteiger charge is 2.38. The highest BCUT2D eigenvalue weighted by Crippen LogP contribution is 2.45. The minimum Gasteiger partial charge on any atom is -0.324 e. The molecule has 3 heteroatoms. The van der Waals surface area contributed by atoms with Crippen molar-refractivity contribution in [2.45, 2.75) is 31.6 Å². The van der Waals surface area contributed by atoms with E-state index >= 15 is 0 Å². The SMILES string of the molecule is O=C1Nc2c(Cl)cccc2C1C1CCCC1. The van der Waals surface area contributed by atoms with Crippen molar-refractivity contribution in [3.8, 4) is 0 Å². The first-order valence-corrected chi connectivity index (χ1v) is 6.24. The maximum atomic E-state index is 12.0. The van der Waals surface area contributed by atoms with Gasteiger partial charge >= 0.3 is 0 Å². The van der Waals surface area contributed by atoms with Gasteiger partial charge < -0.3 is 5.32 Å². The monoisotopic (exact) mass is 235 g/mol. The molecular weight excluding hydrogens is 222 g/mol. The van der Waals surface area contributed by atoms with Crippen molar-refractivity contribution >= 4 is 23.2 Å². The molecule has 1 unspecified atom stereocenters. The predicted octanol–water partition coefficient (Wildman–Crippen LogP) is 3.57. The molecule has 1 heterocycles. The number of carbonyl (C=O) groups is 1. The molecule has 2 nitrogen and oxygen atoms in total. The number of para-hydroxylation sites is 1. The molecule has 0 aromatic heterocycles. The Hall–Kier alpha value is -1.02. The third-order valence-corrected chi connectivity index (χ3v) is 4.10. The Morgan fingerprint density at radius 2 is 2.00 bits per heavy atom. The van der Waals surface area contributed by atoms with Crippen LogP contribution in [0.15, 0.2) is 18.2 Å². The second kappa shape index (κ2) is 3.77. The van der Waals surface area contributed by atoms with Crippen LogP contribution >= 0.6 is 11.6 Å². The summed E-state index contributed by atoms with van der Waals surface area (Å²) in [5.41, 5.74) is 1.94. The number of amides is 1. The summed E-state index contributed by atoms with van der Waals surface area (Å²) in [6, 6.07) is 5.79. The number of benzene rings is 1. The fraction of sp³-hybridized carbons (Fsp3) is 0.462. The molecule has 3 rings (SSSR count). The van der Waals surface area contributed by atoms with Crippen molar-refractivity contribution < 1.29 is 4.79 Å². The minimum absolute atomic E-state index is 0.0381. The smallest absolute Gasteiger partial charge is 0.232 e. The largest absolute Gasteiger partial charge is 0.324 e. The van der Waals surface area contributed by atoms with Crippen LogP contribution in [0, 0.1) is 5.92 Å². The van der Waals surface area contributed by atoms with Crippen LogP contribution < -0.4 is 5.32 Å². The van der Waals surface area contributed by atoms with E-state index in [-0.39, 0.29) is 11.8 Å². The summed E-state index contributed by atoms with van der Waals surface area (Å²) in [6.07, 6.45) is 4.85. The van der Waals surface area contributed by atoms with E-state index in [9.17, 15) is 4.79 Å². The van der Waals surface area contributed by atoms with Crippen molar-refractivity contribution in [1.82, 2.24) is 0 Å². The first-order chi connectivity index (χ1) is 7.77. The van der Waals surface area contributed by atoms with Crippen molar-refractivity contribution in [2.75, 3.05) is 5.32 Å². The lowest BCUT2D eigenvalue weighted by Gasteiger charge is -2.16. The van der Waals surface area contributed by atoms with Gasteiger partial charge in [0.25, 0.3) is 0 Å². The van der Waals surface area contributed by atoms with E-state index in [1.165, 1.54) is 25.7 Å². The fourth-order valence-electron chi connectivity index (χ4n) is 3.03. The number of nitrogens with one attached hydrogen (secondary N) is 1. The molecule has 1 aromatic rings. The van der Waals surface area contributed by atoms with Gasteiger partial charge in [0.2, 0.25) is 5.91 Å². The van der Waals surface area contributed by atoms with Gasteiger partial charge in [-0.05, 0) is 30.4 Å². The van der Waals surface area contributed by atoms with Crippen LogP contribution in [0.3, 0.4) is 0 Å². The molecule has 0 spiro atoms. The molecule has 0 radical (unpaired) electrons. The van der Waals surface area contributed by atoms with Gasteiger partial charge in [-0.25, -0.2) is 0 Å². The van der Waals surface area contributed by atoms with E-state index in [2.05, 4.69) is 5.32 Å². The van der Waals surface area contributed by atoms with E-state index in [1.807, 2.05) is 18.2 Å². The van der Waals surface area contributed by atoms with Crippen LogP contribution in [-0.4, -0.2) is 5.91 Å². The normalized spacial score (nSPS) is 24.6. The molecule has 1 saturated carbocycles. The number of anilines is 1. The predicted molar refractivity (Wildman–Crippen MR) is 64.8 cm³/mol. The summed E-state index contributed by atoms with van der Waals surface area (Å²) in [5, 5.41) is 3.58. The highest BCUT2D eigenvalue weighted by molar-refractivity contribution is 6.34. The summed E-state index contributed by atoms with van der Waals surface area (Å²) in [7, 11) is 0. The van der Waals surface area contributed by atoms with Crippen molar-refractivity contribution in [3.05, 3.63) is 28.8 Å². The second-order valence-corrected chi connectivity index (χ2v) is 5.12. The average molecular weight is 236 g/mol. The minimum atomic E-state index is 0.0381. The number of halogens is 1. The van der Waals surface area contributed by atoms with E-state index in [0.717, 1.165) is 11.3 Å². The molecular formula is C13H14ClNO. The van der Waals surface area contributed by atoms with Crippen LogP contribution in [0.2, 0.25) is 5.02 Å². The molecule has 1 aliphatic carbocycles. The first-order valence-electron chi connectivity index (χ1n) is 5.86. The van der Waals surface area contributed by atoms with Gasteiger partial charge in [0.1, 0.15) is 0 Å². The maximum Gasteiger partial charge on any atom is 0.232 e. The molecule has 1 amide bonds. The van der Waals surface area contributed by atoms with Gasteiger partial charge in [0.15, 0.2) is 0 Å². The number of fused-ring (bicyclic) bond motifs is 1. The fourth-order valence-corrected chi connectivity index (χ4v) is 3.26. The Labute approximate surface area is 100.0 Å². The lowest BCUT2D eigenvalue weighted by atomic mass is 9.86. The van der Waals surface area contributed by atoms with Gasteiger partial charge in [-0.1, -0.05) is 36.6 Å². The van der Waals surface area contributed by atoms with Gasteiger partial charge in [-0.15, -0.1) is 0 Å². The van der Waals surface area contributed by atoms with Gasteiger partial charge in [-0.3, -0.25) is 4.79 Å². The van der Waals surface area contributed by atoms with Crippen molar-refractivity contribution in [2.24, 2.45) is 5.92 Å². The molecule has 84 valence electrons. The van der Waals surface area contributed by atoms with Gasteiger partial charge in [0.05, 0.1) is 16.6 Å². The second-order valence-electron chi connectivity index (χ2n) is 4.72. The lowest BCUT2D eigenvalue weighted by Crippen LogP contribution is -2.18. The first kappa shape index (κ1) is 10.2. The van der Waals surface area contributed by atoms with Crippen LogP contribution in [0.25, 0.3) is 0 Å². The highest BCUT2D eigenvalue weighted by atomic mass is 35.5. The molecule has 2 aliphatic rings. The zero-order valence-electron chi connectivity index (χ0n) is 9.00. The van der Waals surface area contributed by atoms with Crippen molar-refractivity contribution in [3.63, 3.8) is 0 Å². The van der Waals surface area contributed by atoms with Crippen LogP contribution in [0.5, 0.6) is 0 Å². The lowest BCUT2D eigenvalue weighted by molar-refractivity contribution is -0.118. The summed E-state index contributed by atoms with van der Waals surface area (Å²) in [5.74, 6) is 0.686. The molecule has 1 fully saturated rings. The van der Waals surface area contributed by atoms with E-state index in [4.69, 9.17) is 11.6 Å². The molecule has 0 saturated heterocycles. The third kappa shape index (κ3) is 1.44. The van der Waals surface area contributed by atoms with Crippen LogP contribution in [0.4, 0.5) is 5.69 Å². The zero-order chi connectivity index (χ0) is 11.1. The Morgan fingerprint density at radius 1 is 1.25 bits per heavy atom. The standard InChI is InChI=1S/C13H14ClNO/c14-10-7-3-6-9-11(8-4-1-2-5-8)13(16)15-12(9)10/h3,6-8,11H,1-2,4-5H2,(H,15,16). The van der Waals surface area contributed by atoms with Gasteiger partial charge in [0, 0.05) is 0 Å². The molecule has 1 N–H and O–H groups in total. The van der Waals surface area contributed by atoms with Gasteiger partial charge in [-0.2, -0.15) is 0 Å². The summed E-state index contributed by atoms with van der Waals surface area (Å²) in [4.78, 5) is 12.0. The third-order valence-electron chi connectivity index (χ3n) is 3.78. The maximum absolute atomic E-state index is 12.0. The molecule has 0 bridgehead atoms. The zero-order valence-corrected chi connectivity index (χ0v) is 9.76. The Bertz CT molecular complexity index is 438. The van der Waals surface area contributed by atoms with Crippen LogP contribution in [0.1, 0.15) is 37.2 Å². The average Bonchev–Trinajstić information content (AvgIpc) is 2.85. The number of hydrogen-bond acceptors (Lipinski definition) is 1. The Kier molecular flexibility index (Phi) is 2.40. The number of carbonyl (C=O) groups excluding carboxylic acids is 1. The summed E-state index contributed by atoms with van der Waals surface area (Å²) in [6.45, 7) is 0. The Morgan fingerprint density at radius 3 is 2.75 bits per heavy atom. The topological polar surface area (TPSA) is 29.1 Å². The summed E-state index contributed by atoms with van der Waals surface area (Å²) < 4.78 is 0. The van der Waals surface area contributed by atoms with E-state index < -0.39 is 0 Å². The summed E-state index contributed by atoms with van der Waals surface area (Å²) >= 11 is 6.09. The van der Waals surface area contributed by atoms with Crippen LogP contribution in [-0.2, 0) is 4.79 Å². The number of hydrogen-bond donors (Lipinski definition) is 1.